The van der Waals surface area contributed by atoms with Gasteiger partial charge in [-0.25, -0.2) is 4.99 Å². The lowest BCUT2D eigenvalue weighted by atomic mass is 9.67. The van der Waals surface area contributed by atoms with Gasteiger partial charge in [-0.05, 0) is 77.2 Å². The first-order valence-corrected chi connectivity index (χ1v) is 14.6. The fourth-order valence-corrected chi connectivity index (χ4v) is 6.64. The second-order valence-electron chi connectivity index (χ2n) is 11.3. The van der Waals surface area contributed by atoms with Gasteiger partial charge in [0.15, 0.2) is 5.84 Å². The van der Waals surface area contributed by atoms with E-state index >= 15 is 0 Å². The van der Waals surface area contributed by atoms with Crippen molar-refractivity contribution in [1.82, 2.24) is 20.0 Å². The van der Waals surface area contributed by atoms with Gasteiger partial charge in [0, 0.05) is 19.1 Å². The largest absolute Gasteiger partial charge is 0.366 e. The van der Waals surface area contributed by atoms with Crippen molar-refractivity contribution in [1.29, 1.82) is 0 Å². The van der Waals surface area contributed by atoms with E-state index in [-0.39, 0.29) is 0 Å². The van der Waals surface area contributed by atoms with Crippen LogP contribution in [0, 0.1) is 0 Å². The van der Waals surface area contributed by atoms with Crippen LogP contribution in [0.3, 0.4) is 0 Å². The van der Waals surface area contributed by atoms with Crippen molar-refractivity contribution in [2.45, 2.75) is 108 Å². The molecule has 6 nitrogen and oxygen atoms in total. The molecule has 0 unspecified atom stereocenters. The van der Waals surface area contributed by atoms with Crippen molar-refractivity contribution in [3.8, 4) is 0 Å². The molecule has 35 heavy (non-hydrogen) atoms. The summed E-state index contributed by atoms with van der Waals surface area (Å²) in [6.07, 6.45) is 24.8. The van der Waals surface area contributed by atoms with E-state index in [0.29, 0.717) is 6.04 Å². The molecular weight excluding hydrogens is 431 g/mol. The van der Waals surface area contributed by atoms with Crippen LogP contribution in [0.1, 0.15) is 89.9 Å². The van der Waals surface area contributed by atoms with Gasteiger partial charge in [-0.3, -0.25) is 5.01 Å². The molecule has 3 fully saturated rings. The summed E-state index contributed by atoms with van der Waals surface area (Å²) >= 11 is 0. The zero-order valence-corrected chi connectivity index (χ0v) is 22.3. The van der Waals surface area contributed by atoms with Crippen molar-refractivity contribution in [2.75, 3.05) is 33.2 Å². The van der Waals surface area contributed by atoms with Gasteiger partial charge in [-0.2, -0.15) is 5.10 Å². The molecule has 0 atom stereocenters. The molecule has 2 aliphatic heterocycles. The second-order valence-corrected chi connectivity index (χ2v) is 11.3. The third-order valence-corrected chi connectivity index (χ3v) is 8.66. The molecule has 1 saturated heterocycles. The minimum absolute atomic E-state index is 0.495. The van der Waals surface area contributed by atoms with Gasteiger partial charge in [0.2, 0.25) is 7.41 Å². The third-order valence-electron chi connectivity index (χ3n) is 8.66. The maximum atomic E-state index is 4.52. The third kappa shape index (κ3) is 8.21. The summed E-state index contributed by atoms with van der Waals surface area (Å²) in [7, 11) is 3.32. The fraction of sp³-hybridized carbons (Fsp3) is 0.786. The minimum Gasteiger partial charge on any atom is -0.366 e. The number of nitrogens with one attached hydrogen (secondary N) is 1. The fourth-order valence-electron chi connectivity index (χ4n) is 6.64. The molecule has 0 aromatic carbocycles. The van der Waals surface area contributed by atoms with Crippen LogP contribution in [-0.4, -0.2) is 79.6 Å². The van der Waals surface area contributed by atoms with Crippen molar-refractivity contribution >= 4 is 19.6 Å². The molecule has 0 amide bonds. The minimum atomic E-state index is 0.495. The Morgan fingerprint density at radius 2 is 1.57 bits per heavy atom. The van der Waals surface area contributed by atoms with Gasteiger partial charge < -0.3 is 15.0 Å². The van der Waals surface area contributed by atoms with Gasteiger partial charge in [0.05, 0.1) is 0 Å². The van der Waals surface area contributed by atoms with E-state index in [4.69, 9.17) is 0 Å². The zero-order chi connectivity index (χ0) is 24.3. The molecule has 2 saturated carbocycles. The topological polar surface area (TPSA) is 46.5 Å². The Hall–Kier alpha value is -1.60. The molecule has 0 radical (unpaired) electrons. The molecule has 2 heterocycles. The Balaban J connectivity index is 1.21. The second kappa shape index (κ2) is 14.2. The Bertz CT molecular complexity index is 734. The first kappa shape index (κ1) is 26.5. The van der Waals surface area contributed by atoms with Crippen LogP contribution >= 0.6 is 0 Å². The molecular formula is C28H49BN6. The lowest BCUT2D eigenvalue weighted by Gasteiger charge is -2.38. The number of hydrazone groups is 1. The summed E-state index contributed by atoms with van der Waals surface area (Å²) in [5.74, 6) is 1.88. The Morgan fingerprint density at radius 3 is 2.34 bits per heavy atom. The van der Waals surface area contributed by atoms with E-state index < -0.39 is 0 Å². The summed E-state index contributed by atoms with van der Waals surface area (Å²) < 4.78 is 0. The lowest BCUT2D eigenvalue weighted by Crippen LogP contribution is -2.46. The first-order valence-electron chi connectivity index (χ1n) is 14.6. The van der Waals surface area contributed by atoms with Gasteiger partial charge in [-0.15, -0.1) is 0 Å². The number of rotatable bonds is 5. The molecule has 0 bridgehead atoms. The number of hydrogen-bond donors (Lipinski definition) is 1. The SMILES string of the molecule is C=C/C=C1/C(NC2CCC(N3CCCCN(BC4CCCCCCC4)CCC3)CC2)=NC=NN1C. The summed E-state index contributed by atoms with van der Waals surface area (Å²) in [5.41, 5.74) is 0.994. The van der Waals surface area contributed by atoms with Crippen LogP contribution in [0.15, 0.2) is 34.5 Å². The number of amidine groups is 1. The van der Waals surface area contributed by atoms with Crippen LogP contribution < -0.4 is 5.32 Å². The molecule has 2 aliphatic carbocycles. The Labute approximate surface area is 215 Å². The van der Waals surface area contributed by atoms with Crippen molar-refractivity contribution < 1.29 is 0 Å². The van der Waals surface area contributed by atoms with Crippen molar-refractivity contribution in [2.24, 2.45) is 10.1 Å². The molecule has 0 aromatic rings. The normalized spacial score (nSPS) is 29.9. The van der Waals surface area contributed by atoms with Gasteiger partial charge in [0.25, 0.3) is 0 Å². The highest BCUT2D eigenvalue weighted by Crippen LogP contribution is 2.28. The van der Waals surface area contributed by atoms with Crippen LogP contribution in [0.5, 0.6) is 0 Å². The van der Waals surface area contributed by atoms with E-state index in [9.17, 15) is 0 Å². The molecule has 194 valence electrons. The summed E-state index contributed by atoms with van der Waals surface area (Å²) in [6.45, 7) is 9.05. The first-order chi connectivity index (χ1) is 17.2. The highest BCUT2D eigenvalue weighted by molar-refractivity contribution is 6.34. The number of allylic oxidation sites excluding steroid dienone is 2. The van der Waals surface area contributed by atoms with Gasteiger partial charge >= 0.3 is 0 Å². The quantitative estimate of drug-likeness (QED) is 0.568. The Kier molecular flexibility index (Phi) is 10.8. The van der Waals surface area contributed by atoms with Crippen LogP contribution in [-0.2, 0) is 0 Å². The standard InChI is InChI=1S/C28H49BN6/c1-3-12-27-28(30-23-31-33(27)2)32-25-15-17-26(18-16-25)34-19-9-10-21-35(22-11-20-34)29-24-13-7-5-4-6-8-14-24/h3,12,23-26,29H,1,4-11,13-22H2,2H3,(H,30,31,32)/b27-12-. The average Bonchev–Trinajstić information content (AvgIpc) is 2.96. The highest BCUT2D eigenvalue weighted by atomic mass is 15.5. The van der Waals surface area contributed by atoms with Crippen LogP contribution in [0.2, 0.25) is 5.82 Å². The smallest absolute Gasteiger partial charge is 0.207 e. The molecule has 7 heteroatoms. The van der Waals surface area contributed by atoms with E-state index in [1.54, 1.807) is 6.34 Å². The average molecular weight is 481 g/mol. The molecule has 4 aliphatic rings. The maximum absolute atomic E-state index is 4.52. The van der Waals surface area contributed by atoms with E-state index in [1.807, 2.05) is 24.2 Å². The van der Waals surface area contributed by atoms with Gasteiger partial charge in [-0.1, -0.05) is 63.4 Å². The number of hydrogen-bond acceptors (Lipinski definition) is 6. The van der Waals surface area contributed by atoms with Crippen LogP contribution in [0.4, 0.5) is 0 Å². The monoisotopic (exact) mass is 480 g/mol. The molecule has 0 spiro atoms. The zero-order valence-electron chi connectivity index (χ0n) is 22.3. The predicted molar refractivity (Wildman–Crippen MR) is 151 cm³/mol. The lowest BCUT2D eigenvalue weighted by molar-refractivity contribution is 0.144. The number of nitrogens with zero attached hydrogens (tertiary/aromatic N) is 5. The highest BCUT2D eigenvalue weighted by Gasteiger charge is 2.28. The van der Waals surface area contributed by atoms with E-state index in [1.165, 1.54) is 123 Å². The number of aliphatic imine (C=N–C) groups is 1. The van der Waals surface area contributed by atoms with Crippen LogP contribution in [0.25, 0.3) is 0 Å². The maximum Gasteiger partial charge on any atom is 0.207 e. The Morgan fingerprint density at radius 1 is 0.886 bits per heavy atom. The van der Waals surface area contributed by atoms with Gasteiger partial charge in [0.1, 0.15) is 12.0 Å². The molecule has 0 aromatic heterocycles. The van der Waals surface area contributed by atoms with E-state index in [2.05, 4.69) is 31.7 Å². The molecule has 4 rings (SSSR count). The summed E-state index contributed by atoms with van der Waals surface area (Å²) in [4.78, 5) is 10.2. The van der Waals surface area contributed by atoms with Crippen molar-refractivity contribution in [3.63, 3.8) is 0 Å². The van der Waals surface area contributed by atoms with Crippen molar-refractivity contribution in [3.05, 3.63) is 24.4 Å². The molecule has 1 N–H and O–H groups in total. The predicted octanol–water partition coefficient (Wildman–Crippen LogP) is 4.92. The summed E-state index contributed by atoms with van der Waals surface area (Å²) in [5, 5.41) is 9.85. The van der Waals surface area contributed by atoms with E-state index in [0.717, 1.165) is 23.4 Å². The number of likely N-dealkylation sites (N-methyl/N-ethyl adjacent to an activating group) is 1. The summed E-state index contributed by atoms with van der Waals surface area (Å²) in [6, 6.07) is 1.25.